The lowest BCUT2D eigenvalue weighted by Crippen LogP contribution is -2.44. The van der Waals surface area contributed by atoms with Gasteiger partial charge in [0.25, 0.3) is 0 Å². The molecule has 0 saturated carbocycles. The highest BCUT2D eigenvalue weighted by Crippen LogP contribution is 2.24. The van der Waals surface area contributed by atoms with Gasteiger partial charge < -0.3 is 10.2 Å². The van der Waals surface area contributed by atoms with Gasteiger partial charge in [-0.15, -0.1) is 0 Å². The second-order valence-corrected chi connectivity index (χ2v) is 5.63. The minimum Gasteiger partial charge on any atom is -0.322 e. The Morgan fingerprint density at radius 2 is 1.90 bits per heavy atom. The van der Waals surface area contributed by atoms with Crippen LogP contribution in [0.3, 0.4) is 0 Å². The Kier molecular flexibility index (Phi) is 5.05. The Bertz CT molecular complexity index is 448. The van der Waals surface area contributed by atoms with Crippen LogP contribution in [-0.2, 0) is 12.8 Å². The molecule has 1 aromatic carbocycles. The summed E-state index contributed by atoms with van der Waals surface area (Å²) >= 11 is 0. The summed E-state index contributed by atoms with van der Waals surface area (Å²) in [4.78, 5) is 14.5. The number of urea groups is 1. The van der Waals surface area contributed by atoms with Crippen LogP contribution in [0.2, 0.25) is 0 Å². The molecule has 1 N–H and O–H groups in total. The van der Waals surface area contributed by atoms with E-state index in [1.807, 2.05) is 4.90 Å². The summed E-state index contributed by atoms with van der Waals surface area (Å²) in [6.07, 6.45) is 5.35. The van der Waals surface area contributed by atoms with Crippen molar-refractivity contribution in [2.24, 2.45) is 0 Å². The van der Waals surface area contributed by atoms with Crippen molar-refractivity contribution in [1.82, 2.24) is 4.90 Å². The van der Waals surface area contributed by atoms with E-state index in [2.05, 4.69) is 44.3 Å². The molecule has 1 unspecified atom stereocenters. The Labute approximate surface area is 122 Å². The van der Waals surface area contributed by atoms with E-state index in [1.165, 1.54) is 17.5 Å². The maximum Gasteiger partial charge on any atom is 0.322 e. The van der Waals surface area contributed by atoms with Gasteiger partial charge in [0.15, 0.2) is 0 Å². The number of para-hydroxylation sites is 1. The van der Waals surface area contributed by atoms with Gasteiger partial charge in [0.2, 0.25) is 0 Å². The zero-order valence-corrected chi connectivity index (χ0v) is 12.9. The average Bonchev–Trinajstić information content (AvgIpc) is 2.47. The summed E-state index contributed by atoms with van der Waals surface area (Å²) in [7, 11) is 0. The second kappa shape index (κ2) is 6.78. The van der Waals surface area contributed by atoms with Crippen LogP contribution in [0.25, 0.3) is 0 Å². The number of carbonyl (C=O) groups excluding carboxylic acids is 1. The number of piperidine rings is 1. The molecule has 3 nitrogen and oxygen atoms in total. The molecule has 2 amide bonds. The largest absolute Gasteiger partial charge is 0.322 e. The lowest BCUT2D eigenvalue weighted by Gasteiger charge is -2.33. The van der Waals surface area contributed by atoms with Crippen molar-refractivity contribution >= 4 is 11.7 Å². The average molecular weight is 274 g/mol. The number of nitrogens with zero attached hydrogens (tertiary/aromatic N) is 1. The third-order valence-corrected chi connectivity index (χ3v) is 4.29. The molecule has 1 heterocycles. The van der Waals surface area contributed by atoms with Crippen LogP contribution in [0.15, 0.2) is 18.2 Å². The third kappa shape index (κ3) is 3.14. The fourth-order valence-electron chi connectivity index (χ4n) is 2.98. The Hall–Kier alpha value is -1.51. The van der Waals surface area contributed by atoms with Crippen molar-refractivity contribution in [3.05, 3.63) is 29.3 Å². The highest BCUT2D eigenvalue weighted by molar-refractivity contribution is 5.91. The van der Waals surface area contributed by atoms with Crippen molar-refractivity contribution < 1.29 is 4.79 Å². The Balaban J connectivity index is 2.18. The molecule has 1 aromatic rings. The number of rotatable bonds is 3. The molecule has 1 saturated heterocycles. The van der Waals surface area contributed by atoms with Crippen LogP contribution in [0.4, 0.5) is 10.5 Å². The van der Waals surface area contributed by atoms with Crippen molar-refractivity contribution in [3.63, 3.8) is 0 Å². The number of likely N-dealkylation sites (tertiary alicyclic amines) is 1. The molecule has 1 atom stereocenters. The fourth-order valence-corrected chi connectivity index (χ4v) is 2.98. The summed E-state index contributed by atoms with van der Waals surface area (Å²) in [6, 6.07) is 6.70. The van der Waals surface area contributed by atoms with E-state index in [1.54, 1.807) is 0 Å². The van der Waals surface area contributed by atoms with Crippen LogP contribution >= 0.6 is 0 Å². The van der Waals surface area contributed by atoms with E-state index < -0.39 is 0 Å². The summed E-state index contributed by atoms with van der Waals surface area (Å²) in [5.74, 6) is 0. The SMILES string of the molecule is CCc1cccc(CC)c1NC(=O)N1CCCCC1C. The van der Waals surface area contributed by atoms with Gasteiger partial charge in [-0.05, 0) is 50.2 Å². The minimum atomic E-state index is 0.0628. The van der Waals surface area contributed by atoms with Gasteiger partial charge in [0.1, 0.15) is 0 Å². The third-order valence-electron chi connectivity index (χ3n) is 4.29. The van der Waals surface area contributed by atoms with Gasteiger partial charge in [-0.1, -0.05) is 32.0 Å². The number of hydrogen-bond donors (Lipinski definition) is 1. The van der Waals surface area contributed by atoms with Crippen LogP contribution in [0, 0.1) is 0 Å². The monoisotopic (exact) mass is 274 g/mol. The molecule has 0 aliphatic carbocycles. The van der Waals surface area contributed by atoms with E-state index in [0.29, 0.717) is 6.04 Å². The van der Waals surface area contributed by atoms with Crippen molar-refractivity contribution in [2.75, 3.05) is 11.9 Å². The van der Waals surface area contributed by atoms with Crippen molar-refractivity contribution in [1.29, 1.82) is 0 Å². The molecule has 20 heavy (non-hydrogen) atoms. The molecule has 3 heteroatoms. The topological polar surface area (TPSA) is 32.3 Å². The fraction of sp³-hybridized carbons (Fsp3) is 0.588. The molecule has 1 aliphatic rings. The number of amides is 2. The maximum atomic E-state index is 12.5. The molecule has 2 rings (SSSR count). The second-order valence-electron chi connectivity index (χ2n) is 5.63. The lowest BCUT2D eigenvalue weighted by molar-refractivity contribution is 0.170. The summed E-state index contributed by atoms with van der Waals surface area (Å²) in [5.41, 5.74) is 3.48. The zero-order chi connectivity index (χ0) is 14.5. The predicted molar refractivity (Wildman–Crippen MR) is 84.2 cm³/mol. The first kappa shape index (κ1) is 14.9. The molecule has 0 bridgehead atoms. The summed E-state index contributed by atoms with van der Waals surface area (Å²) in [6.45, 7) is 7.29. The van der Waals surface area contributed by atoms with E-state index in [0.717, 1.165) is 37.9 Å². The molecule has 0 spiro atoms. The first-order valence-electron chi connectivity index (χ1n) is 7.85. The lowest BCUT2D eigenvalue weighted by atomic mass is 10.0. The van der Waals surface area contributed by atoms with Gasteiger partial charge in [-0.2, -0.15) is 0 Å². The first-order chi connectivity index (χ1) is 9.67. The smallest absolute Gasteiger partial charge is 0.322 e. The maximum absolute atomic E-state index is 12.5. The van der Waals surface area contributed by atoms with E-state index in [4.69, 9.17) is 0 Å². The molecule has 1 fully saturated rings. The van der Waals surface area contributed by atoms with Crippen LogP contribution in [-0.4, -0.2) is 23.5 Å². The standard InChI is InChI=1S/C17H26N2O/c1-4-14-10-8-11-15(5-2)16(14)18-17(20)19-12-7-6-9-13(19)3/h8,10-11,13H,4-7,9,12H2,1-3H3,(H,18,20). The van der Waals surface area contributed by atoms with E-state index >= 15 is 0 Å². The normalized spacial score (nSPS) is 18.9. The number of carbonyl (C=O) groups is 1. The minimum absolute atomic E-state index is 0.0628. The van der Waals surface area contributed by atoms with Gasteiger partial charge >= 0.3 is 6.03 Å². The molecular weight excluding hydrogens is 248 g/mol. The number of benzene rings is 1. The molecule has 0 radical (unpaired) electrons. The number of aryl methyl sites for hydroxylation is 2. The Morgan fingerprint density at radius 3 is 2.45 bits per heavy atom. The van der Waals surface area contributed by atoms with Crippen molar-refractivity contribution in [3.8, 4) is 0 Å². The van der Waals surface area contributed by atoms with Crippen LogP contribution in [0.1, 0.15) is 51.2 Å². The highest BCUT2D eigenvalue weighted by Gasteiger charge is 2.24. The number of anilines is 1. The van der Waals surface area contributed by atoms with Crippen molar-refractivity contribution in [2.45, 2.75) is 58.9 Å². The molecule has 0 aromatic heterocycles. The first-order valence-corrected chi connectivity index (χ1v) is 7.85. The molecule has 110 valence electrons. The van der Waals surface area contributed by atoms with Gasteiger partial charge in [-0.25, -0.2) is 4.79 Å². The van der Waals surface area contributed by atoms with Gasteiger partial charge in [-0.3, -0.25) is 0 Å². The highest BCUT2D eigenvalue weighted by atomic mass is 16.2. The molecular formula is C17H26N2O. The number of nitrogens with one attached hydrogen (secondary N) is 1. The predicted octanol–water partition coefficient (Wildman–Crippen LogP) is 4.22. The Morgan fingerprint density at radius 1 is 1.25 bits per heavy atom. The zero-order valence-electron chi connectivity index (χ0n) is 12.9. The summed E-state index contributed by atoms with van der Waals surface area (Å²) in [5, 5.41) is 3.17. The van der Waals surface area contributed by atoms with Gasteiger partial charge in [0.05, 0.1) is 0 Å². The van der Waals surface area contributed by atoms with Crippen LogP contribution < -0.4 is 5.32 Å². The van der Waals surface area contributed by atoms with E-state index in [-0.39, 0.29) is 6.03 Å². The summed E-state index contributed by atoms with van der Waals surface area (Å²) < 4.78 is 0. The van der Waals surface area contributed by atoms with E-state index in [9.17, 15) is 4.79 Å². The van der Waals surface area contributed by atoms with Gasteiger partial charge in [0, 0.05) is 18.3 Å². The number of hydrogen-bond acceptors (Lipinski definition) is 1. The van der Waals surface area contributed by atoms with Crippen LogP contribution in [0.5, 0.6) is 0 Å². The quantitative estimate of drug-likeness (QED) is 0.879. The molecule has 1 aliphatic heterocycles.